The fourth-order valence-corrected chi connectivity index (χ4v) is 1.63. The molecule has 5 heteroatoms. The van der Waals surface area contributed by atoms with E-state index in [0.717, 1.165) is 5.56 Å². The minimum Gasteiger partial charge on any atom is -0.267 e. The standard InChI is InChI=1S/C14H10Cl2N2O/c15-12-5-1-10(2-6-12)9-17-18-14(19)11-3-7-13(16)8-4-11/h1-9H,(H,18,19)/b17-9-. The maximum atomic E-state index is 11.7. The van der Waals surface area contributed by atoms with Gasteiger partial charge in [-0.15, -0.1) is 0 Å². The third-order valence-corrected chi connectivity index (χ3v) is 2.86. The predicted molar refractivity (Wildman–Crippen MR) is 78.0 cm³/mol. The molecule has 0 spiro atoms. The van der Waals surface area contributed by atoms with Crippen LogP contribution in [0.2, 0.25) is 10.0 Å². The molecule has 1 N–H and O–H groups in total. The molecule has 3 nitrogen and oxygen atoms in total. The second kappa shape index (κ2) is 6.36. The summed E-state index contributed by atoms with van der Waals surface area (Å²) in [5.41, 5.74) is 3.78. The summed E-state index contributed by atoms with van der Waals surface area (Å²) < 4.78 is 0. The number of amides is 1. The van der Waals surface area contributed by atoms with E-state index >= 15 is 0 Å². The summed E-state index contributed by atoms with van der Waals surface area (Å²) in [5, 5.41) is 5.11. The molecule has 0 saturated heterocycles. The Morgan fingerprint density at radius 2 is 1.47 bits per heavy atom. The second-order valence-corrected chi connectivity index (χ2v) is 4.63. The molecule has 2 rings (SSSR count). The SMILES string of the molecule is O=C(N/N=C\c1ccc(Cl)cc1)c1ccc(Cl)cc1. The van der Waals surface area contributed by atoms with Crippen LogP contribution < -0.4 is 5.43 Å². The van der Waals surface area contributed by atoms with E-state index in [4.69, 9.17) is 23.2 Å². The van der Waals surface area contributed by atoms with Gasteiger partial charge in [0, 0.05) is 15.6 Å². The Morgan fingerprint density at radius 3 is 2.05 bits per heavy atom. The fraction of sp³-hybridized carbons (Fsp3) is 0. The normalized spacial score (nSPS) is 10.6. The number of rotatable bonds is 3. The molecule has 19 heavy (non-hydrogen) atoms. The molecule has 0 aliphatic carbocycles. The first-order valence-electron chi connectivity index (χ1n) is 5.50. The first kappa shape index (κ1) is 13.6. The third-order valence-electron chi connectivity index (χ3n) is 2.36. The lowest BCUT2D eigenvalue weighted by Crippen LogP contribution is -2.17. The summed E-state index contributed by atoms with van der Waals surface area (Å²) in [5.74, 6) is -0.290. The molecule has 0 saturated carbocycles. The van der Waals surface area contributed by atoms with Gasteiger partial charge in [-0.05, 0) is 42.0 Å². The summed E-state index contributed by atoms with van der Waals surface area (Å²) in [6.45, 7) is 0. The average Bonchev–Trinajstić information content (AvgIpc) is 2.41. The van der Waals surface area contributed by atoms with Gasteiger partial charge in [-0.25, -0.2) is 5.43 Å². The summed E-state index contributed by atoms with van der Waals surface area (Å²) in [7, 11) is 0. The van der Waals surface area contributed by atoms with Crippen molar-refractivity contribution < 1.29 is 4.79 Å². The first-order chi connectivity index (χ1) is 9.15. The van der Waals surface area contributed by atoms with E-state index in [1.807, 2.05) is 0 Å². The van der Waals surface area contributed by atoms with E-state index in [2.05, 4.69) is 10.5 Å². The van der Waals surface area contributed by atoms with Crippen LogP contribution in [0.1, 0.15) is 15.9 Å². The Labute approximate surface area is 120 Å². The van der Waals surface area contributed by atoms with E-state index in [1.165, 1.54) is 0 Å². The number of carbonyl (C=O) groups excluding carboxylic acids is 1. The van der Waals surface area contributed by atoms with Crippen LogP contribution in [0.5, 0.6) is 0 Å². The van der Waals surface area contributed by atoms with Crippen molar-refractivity contribution >= 4 is 35.3 Å². The monoisotopic (exact) mass is 292 g/mol. The van der Waals surface area contributed by atoms with E-state index in [1.54, 1.807) is 54.7 Å². The van der Waals surface area contributed by atoms with Gasteiger partial charge in [0.25, 0.3) is 5.91 Å². The molecule has 0 aromatic heterocycles. The quantitative estimate of drug-likeness (QED) is 0.679. The summed E-state index contributed by atoms with van der Waals surface area (Å²) in [6, 6.07) is 13.7. The van der Waals surface area contributed by atoms with E-state index in [9.17, 15) is 4.79 Å². The lowest BCUT2D eigenvalue weighted by molar-refractivity contribution is 0.0955. The number of nitrogens with one attached hydrogen (secondary N) is 1. The zero-order valence-electron chi connectivity index (χ0n) is 9.81. The molecule has 96 valence electrons. The third kappa shape index (κ3) is 4.09. The van der Waals surface area contributed by atoms with Crippen molar-refractivity contribution in [3.05, 3.63) is 69.7 Å². The highest BCUT2D eigenvalue weighted by Crippen LogP contribution is 2.09. The zero-order chi connectivity index (χ0) is 13.7. The van der Waals surface area contributed by atoms with Crippen molar-refractivity contribution in [2.45, 2.75) is 0 Å². The number of nitrogens with zero attached hydrogens (tertiary/aromatic N) is 1. The molecule has 0 atom stereocenters. The zero-order valence-corrected chi connectivity index (χ0v) is 11.3. The number of hydrazone groups is 1. The van der Waals surface area contributed by atoms with Gasteiger partial charge >= 0.3 is 0 Å². The molecule has 0 unspecified atom stereocenters. The van der Waals surface area contributed by atoms with Crippen LogP contribution in [-0.2, 0) is 0 Å². The second-order valence-electron chi connectivity index (χ2n) is 3.76. The van der Waals surface area contributed by atoms with Crippen LogP contribution in [0.15, 0.2) is 53.6 Å². The maximum absolute atomic E-state index is 11.7. The van der Waals surface area contributed by atoms with Crippen molar-refractivity contribution in [2.24, 2.45) is 5.10 Å². The first-order valence-corrected chi connectivity index (χ1v) is 6.25. The largest absolute Gasteiger partial charge is 0.271 e. The molecule has 0 heterocycles. The van der Waals surface area contributed by atoms with Gasteiger partial charge in [-0.1, -0.05) is 35.3 Å². The lowest BCUT2D eigenvalue weighted by atomic mass is 10.2. The molecule has 0 bridgehead atoms. The van der Waals surface area contributed by atoms with Crippen molar-refractivity contribution in [2.75, 3.05) is 0 Å². The van der Waals surface area contributed by atoms with Gasteiger partial charge in [0.1, 0.15) is 0 Å². The number of hydrogen-bond donors (Lipinski definition) is 1. The molecule has 2 aromatic carbocycles. The molecule has 2 aromatic rings. The molecule has 0 aliphatic heterocycles. The molecule has 0 radical (unpaired) electrons. The molecular weight excluding hydrogens is 283 g/mol. The highest BCUT2D eigenvalue weighted by molar-refractivity contribution is 6.30. The Balaban J connectivity index is 1.96. The predicted octanol–water partition coefficient (Wildman–Crippen LogP) is 3.76. The van der Waals surface area contributed by atoms with Gasteiger partial charge in [0.15, 0.2) is 0 Å². The smallest absolute Gasteiger partial charge is 0.267 e. The Bertz CT molecular complexity index is 592. The van der Waals surface area contributed by atoms with Crippen LogP contribution in [0, 0.1) is 0 Å². The molecule has 0 fully saturated rings. The van der Waals surface area contributed by atoms with Crippen LogP contribution in [-0.4, -0.2) is 12.1 Å². The van der Waals surface area contributed by atoms with Crippen LogP contribution in [0.25, 0.3) is 0 Å². The Hall–Kier alpha value is -1.84. The van der Waals surface area contributed by atoms with Crippen molar-refractivity contribution in [3.63, 3.8) is 0 Å². The Morgan fingerprint density at radius 1 is 0.947 bits per heavy atom. The van der Waals surface area contributed by atoms with Gasteiger partial charge in [-0.3, -0.25) is 4.79 Å². The van der Waals surface area contributed by atoms with Crippen molar-refractivity contribution in [1.29, 1.82) is 0 Å². The van der Waals surface area contributed by atoms with Gasteiger partial charge in [0.05, 0.1) is 6.21 Å². The minimum atomic E-state index is -0.290. The summed E-state index contributed by atoms with van der Waals surface area (Å²) >= 11 is 11.5. The fourth-order valence-electron chi connectivity index (χ4n) is 1.38. The molecular formula is C14H10Cl2N2O. The summed E-state index contributed by atoms with van der Waals surface area (Å²) in [6.07, 6.45) is 1.55. The van der Waals surface area contributed by atoms with Gasteiger partial charge < -0.3 is 0 Å². The highest BCUT2D eigenvalue weighted by Gasteiger charge is 2.02. The number of halogens is 2. The van der Waals surface area contributed by atoms with E-state index < -0.39 is 0 Å². The van der Waals surface area contributed by atoms with Crippen molar-refractivity contribution in [1.82, 2.24) is 5.43 Å². The number of hydrogen-bond acceptors (Lipinski definition) is 2. The van der Waals surface area contributed by atoms with Crippen LogP contribution in [0.4, 0.5) is 0 Å². The van der Waals surface area contributed by atoms with Crippen LogP contribution in [0.3, 0.4) is 0 Å². The number of benzene rings is 2. The lowest BCUT2D eigenvalue weighted by Gasteiger charge is -1.99. The molecule has 0 aliphatic rings. The van der Waals surface area contributed by atoms with E-state index in [0.29, 0.717) is 15.6 Å². The van der Waals surface area contributed by atoms with Crippen LogP contribution >= 0.6 is 23.2 Å². The Kier molecular flexibility index (Phi) is 4.55. The van der Waals surface area contributed by atoms with Gasteiger partial charge in [-0.2, -0.15) is 5.10 Å². The molecule has 1 amide bonds. The average molecular weight is 293 g/mol. The van der Waals surface area contributed by atoms with Gasteiger partial charge in [0.2, 0.25) is 0 Å². The highest BCUT2D eigenvalue weighted by atomic mass is 35.5. The maximum Gasteiger partial charge on any atom is 0.271 e. The topological polar surface area (TPSA) is 41.5 Å². The van der Waals surface area contributed by atoms with E-state index in [-0.39, 0.29) is 5.91 Å². The van der Waals surface area contributed by atoms with Crippen molar-refractivity contribution in [3.8, 4) is 0 Å². The minimum absolute atomic E-state index is 0.290. The summed E-state index contributed by atoms with van der Waals surface area (Å²) in [4.78, 5) is 11.7. The number of carbonyl (C=O) groups is 1.